The summed E-state index contributed by atoms with van der Waals surface area (Å²) in [7, 11) is -3.75. The van der Waals surface area contributed by atoms with Gasteiger partial charge in [0.2, 0.25) is 0 Å². The molecule has 1 aromatic carbocycles. The predicted molar refractivity (Wildman–Crippen MR) is 59.1 cm³/mol. The average molecular weight is 288 g/mol. The summed E-state index contributed by atoms with van der Waals surface area (Å²) < 4.78 is 53.6. The van der Waals surface area contributed by atoms with E-state index in [1.165, 1.54) is 12.1 Å². The van der Waals surface area contributed by atoms with Crippen molar-refractivity contribution in [2.24, 2.45) is 5.50 Å². The fourth-order valence-corrected chi connectivity index (χ4v) is 1.94. The van der Waals surface area contributed by atoms with E-state index in [0.29, 0.717) is 5.02 Å². The summed E-state index contributed by atoms with van der Waals surface area (Å²) in [6.07, 6.45) is -7.01. The SMILES string of the molecule is C[P@@](N)(=O)O[C@@H](c1ccc(Cl)cc1)C(F)(F)F. The van der Waals surface area contributed by atoms with Gasteiger partial charge in [0.25, 0.3) is 7.52 Å². The van der Waals surface area contributed by atoms with E-state index >= 15 is 0 Å². The lowest BCUT2D eigenvalue weighted by molar-refractivity contribution is -0.197. The number of halogens is 4. The first-order chi connectivity index (χ1) is 7.59. The maximum atomic E-state index is 12.7. The fourth-order valence-electron chi connectivity index (χ4n) is 1.16. The van der Waals surface area contributed by atoms with Gasteiger partial charge in [-0.3, -0.25) is 10.1 Å². The van der Waals surface area contributed by atoms with E-state index in [2.05, 4.69) is 4.52 Å². The highest BCUT2D eigenvalue weighted by atomic mass is 35.5. The van der Waals surface area contributed by atoms with Crippen LogP contribution in [0.1, 0.15) is 11.7 Å². The average Bonchev–Trinajstić information content (AvgIpc) is 2.13. The molecule has 17 heavy (non-hydrogen) atoms. The van der Waals surface area contributed by atoms with E-state index in [1.54, 1.807) is 0 Å². The topological polar surface area (TPSA) is 52.3 Å². The minimum Gasteiger partial charge on any atom is -0.300 e. The second kappa shape index (κ2) is 4.98. The maximum Gasteiger partial charge on any atom is 0.419 e. The highest BCUT2D eigenvalue weighted by Crippen LogP contribution is 2.46. The molecular formula is C9H10ClF3NO2P. The van der Waals surface area contributed by atoms with Crippen LogP contribution in [-0.4, -0.2) is 12.8 Å². The minimum atomic E-state index is -4.70. The quantitative estimate of drug-likeness (QED) is 0.862. The molecule has 0 heterocycles. The van der Waals surface area contributed by atoms with Crippen molar-refractivity contribution in [1.29, 1.82) is 0 Å². The van der Waals surface area contributed by atoms with Crippen LogP contribution < -0.4 is 5.50 Å². The van der Waals surface area contributed by atoms with Gasteiger partial charge in [0.15, 0.2) is 6.10 Å². The Labute approximate surface area is 101 Å². The maximum absolute atomic E-state index is 12.7. The second-order valence-corrected chi connectivity index (χ2v) is 5.95. The summed E-state index contributed by atoms with van der Waals surface area (Å²) in [4.78, 5) is 0. The molecule has 2 atom stereocenters. The highest BCUT2D eigenvalue weighted by molar-refractivity contribution is 7.55. The van der Waals surface area contributed by atoms with Gasteiger partial charge >= 0.3 is 6.18 Å². The Morgan fingerprint density at radius 2 is 1.82 bits per heavy atom. The van der Waals surface area contributed by atoms with E-state index in [1.807, 2.05) is 0 Å². The minimum absolute atomic E-state index is 0.200. The lowest BCUT2D eigenvalue weighted by Crippen LogP contribution is -2.23. The van der Waals surface area contributed by atoms with Gasteiger partial charge in [-0.05, 0) is 17.7 Å². The van der Waals surface area contributed by atoms with Gasteiger partial charge in [-0.25, -0.2) is 0 Å². The van der Waals surface area contributed by atoms with Crippen molar-refractivity contribution < 1.29 is 22.3 Å². The molecule has 96 valence electrons. The van der Waals surface area contributed by atoms with Gasteiger partial charge in [0, 0.05) is 11.7 Å². The molecule has 2 N–H and O–H groups in total. The Hall–Kier alpha value is -0.550. The summed E-state index contributed by atoms with van der Waals surface area (Å²) in [5.41, 5.74) is 4.81. The lowest BCUT2D eigenvalue weighted by Gasteiger charge is -2.22. The molecule has 0 bridgehead atoms. The van der Waals surface area contributed by atoms with Crippen LogP contribution in [0, 0.1) is 0 Å². The Bertz CT molecular complexity index is 429. The normalized spacial score (nSPS) is 17.5. The molecule has 0 aromatic heterocycles. The van der Waals surface area contributed by atoms with Crippen molar-refractivity contribution in [3.8, 4) is 0 Å². The van der Waals surface area contributed by atoms with Crippen LogP contribution in [0.4, 0.5) is 13.2 Å². The van der Waals surface area contributed by atoms with Gasteiger partial charge in [-0.1, -0.05) is 23.7 Å². The van der Waals surface area contributed by atoms with Crippen molar-refractivity contribution in [1.82, 2.24) is 0 Å². The molecule has 0 saturated heterocycles. The highest BCUT2D eigenvalue weighted by Gasteiger charge is 2.44. The smallest absolute Gasteiger partial charge is 0.300 e. The standard InChI is InChI=1S/C9H10ClF3NO2P/c1-17(14,15)16-8(9(11,12)13)6-2-4-7(10)5-3-6/h2-5,8H,1H3,(H2,14,15)/t8-,17+/m0/s1. The molecule has 0 radical (unpaired) electrons. The summed E-state index contributed by atoms with van der Waals surface area (Å²) in [6.45, 7) is 0.918. The van der Waals surface area contributed by atoms with E-state index in [4.69, 9.17) is 17.1 Å². The zero-order chi connectivity index (χ0) is 13.3. The van der Waals surface area contributed by atoms with Crippen LogP contribution in [0.5, 0.6) is 0 Å². The van der Waals surface area contributed by atoms with Gasteiger partial charge in [0.05, 0.1) is 0 Å². The molecule has 0 aliphatic rings. The van der Waals surface area contributed by atoms with Crippen molar-refractivity contribution in [2.75, 3.05) is 6.66 Å². The number of rotatable bonds is 3. The fraction of sp³-hybridized carbons (Fsp3) is 0.333. The van der Waals surface area contributed by atoms with Gasteiger partial charge in [-0.2, -0.15) is 13.2 Å². The Kier molecular flexibility index (Phi) is 4.25. The van der Waals surface area contributed by atoms with Gasteiger partial charge in [0.1, 0.15) is 0 Å². The number of nitrogens with two attached hydrogens (primary N) is 1. The largest absolute Gasteiger partial charge is 0.419 e. The first-order valence-corrected chi connectivity index (χ1v) is 6.98. The Morgan fingerprint density at radius 3 is 2.18 bits per heavy atom. The van der Waals surface area contributed by atoms with E-state index < -0.39 is 19.8 Å². The predicted octanol–water partition coefficient (Wildman–Crippen LogP) is 3.74. The molecule has 8 heteroatoms. The monoisotopic (exact) mass is 287 g/mol. The first-order valence-electron chi connectivity index (χ1n) is 4.46. The van der Waals surface area contributed by atoms with Crippen LogP contribution in [0.15, 0.2) is 24.3 Å². The van der Waals surface area contributed by atoms with E-state index in [9.17, 15) is 17.7 Å². The van der Waals surface area contributed by atoms with Crippen molar-refractivity contribution in [3.63, 3.8) is 0 Å². The van der Waals surface area contributed by atoms with Gasteiger partial charge < -0.3 is 4.52 Å². The molecule has 0 aliphatic heterocycles. The molecule has 3 nitrogen and oxygen atoms in total. The summed E-state index contributed by atoms with van der Waals surface area (Å²) in [5, 5.41) is 0.294. The summed E-state index contributed by atoms with van der Waals surface area (Å²) in [6, 6.07) is 4.87. The van der Waals surface area contributed by atoms with Crippen LogP contribution in [0.3, 0.4) is 0 Å². The van der Waals surface area contributed by atoms with Crippen molar-refractivity contribution >= 4 is 19.1 Å². The first kappa shape index (κ1) is 14.5. The Balaban J connectivity index is 3.07. The van der Waals surface area contributed by atoms with Gasteiger partial charge in [-0.15, -0.1) is 0 Å². The van der Waals surface area contributed by atoms with Crippen LogP contribution in [0.25, 0.3) is 0 Å². The van der Waals surface area contributed by atoms with E-state index in [0.717, 1.165) is 18.8 Å². The molecule has 0 fully saturated rings. The van der Waals surface area contributed by atoms with Crippen LogP contribution >= 0.6 is 19.1 Å². The van der Waals surface area contributed by atoms with Crippen LogP contribution in [0.2, 0.25) is 5.02 Å². The third kappa shape index (κ3) is 4.68. The molecule has 0 saturated carbocycles. The summed E-state index contributed by atoms with van der Waals surface area (Å²) in [5.74, 6) is 0. The molecule has 1 rings (SSSR count). The molecule has 0 spiro atoms. The third-order valence-corrected chi connectivity index (χ3v) is 2.67. The second-order valence-electron chi connectivity index (χ2n) is 3.49. The molecule has 0 aliphatic carbocycles. The number of hydrogen-bond acceptors (Lipinski definition) is 2. The Morgan fingerprint density at radius 1 is 1.35 bits per heavy atom. The van der Waals surface area contributed by atoms with Crippen molar-refractivity contribution in [2.45, 2.75) is 12.3 Å². The molecule has 0 unspecified atom stereocenters. The van der Waals surface area contributed by atoms with Crippen LogP contribution in [-0.2, 0) is 9.09 Å². The number of hydrogen-bond donors (Lipinski definition) is 1. The molecule has 0 amide bonds. The summed E-state index contributed by atoms with van der Waals surface area (Å²) >= 11 is 5.56. The molecule has 1 aromatic rings. The zero-order valence-corrected chi connectivity index (χ0v) is 10.4. The molecular weight excluding hydrogens is 278 g/mol. The van der Waals surface area contributed by atoms with Crippen molar-refractivity contribution in [3.05, 3.63) is 34.9 Å². The lowest BCUT2D eigenvalue weighted by atomic mass is 10.1. The van der Waals surface area contributed by atoms with E-state index in [-0.39, 0.29) is 5.56 Å². The number of alkyl halides is 3. The zero-order valence-electron chi connectivity index (χ0n) is 8.74. The third-order valence-electron chi connectivity index (χ3n) is 1.78. The number of benzene rings is 1.